The number of ether oxygens (including phenoxy) is 2. The zero-order valence-electron chi connectivity index (χ0n) is 16.2. The minimum absolute atomic E-state index is 0.00325. The third-order valence-electron chi connectivity index (χ3n) is 3.97. The van der Waals surface area contributed by atoms with Crippen LogP contribution in [0, 0.1) is 11.3 Å². The standard InChI is InChI=1S/C20H24ClN3O4/c1-4-5-15-8-14(9-22)6-7-17(15)27-11-16(25)12-28-18-10-23-24(13(2)3)20(26)19(18)21/h6-8,10,13,16,25H,4-5,11-12H2,1-3H3. The van der Waals surface area contributed by atoms with Crippen LogP contribution in [-0.4, -0.2) is 34.2 Å². The van der Waals surface area contributed by atoms with Gasteiger partial charge in [-0.25, -0.2) is 4.68 Å². The van der Waals surface area contributed by atoms with Crippen molar-refractivity contribution in [3.05, 3.63) is 50.9 Å². The summed E-state index contributed by atoms with van der Waals surface area (Å²) in [7, 11) is 0. The van der Waals surface area contributed by atoms with E-state index in [4.69, 9.17) is 26.3 Å². The Bertz CT molecular complexity index is 905. The number of nitriles is 1. The predicted octanol–water partition coefficient (Wildman–Crippen LogP) is 3.12. The molecule has 0 amide bonds. The molecular formula is C20H24ClN3O4. The van der Waals surface area contributed by atoms with Gasteiger partial charge in [0.25, 0.3) is 5.56 Å². The molecule has 0 radical (unpaired) electrons. The van der Waals surface area contributed by atoms with Gasteiger partial charge in [0.2, 0.25) is 0 Å². The van der Waals surface area contributed by atoms with Crippen molar-refractivity contribution in [2.45, 2.75) is 45.8 Å². The first-order chi connectivity index (χ1) is 13.4. The number of aliphatic hydroxyl groups is 1. The first kappa shape index (κ1) is 21.7. The molecule has 0 aliphatic rings. The summed E-state index contributed by atoms with van der Waals surface area (Å²) in [6, 6.07) is 7.17. The molecule has 0 aliphatic heterocycles. The predicted molar refractivity (Wildman–Crippen MR) is 106 cm³/mol. The van der Waals surface area contributed by atoms with Crippen molar-refractivity contribution in [2.75, 3.05) is 13.2 Å². The van der Waals surface area contributed by atoms with Crippen LogP contribution in [0.2, 0.25) is 5.02 Å². The van der Waals surface area contributed by atoms with Crippen LogP contribution >= 0.6 is 11.6 Å². The number of halogens is 1. The second kappa shape index (κ2) is 10.1. The Hall–Kier alpha value is -2.56. The number of benzene rings is 1. The molecule has 0 spiro atoms. The van der Waals surface area contributed by atoms with Gasteiger partial charge in [0, 0.05) is 0 Å². The maximum Gasteiger partial charge on any atom is 0.289 e. The number of hydrogen-bond acceptors (Lipinski definition) is 6. The summed E-state index contributed by atoms with van der Waals surface area (Å²) in [5, 5.41) is 23.1. The monoisotopic (exact) mass is 405 g/mol. The van der Waals surface area contributed by atoms with Crippen LogP contribution in [0.15, 0.2) is 29.2 Å². The zero-order chi connectivity index (χ0) is 20.7. The first-order valence-corrected chi connectivity index (χ1v) is 9.49. The van der Waals surface area contributed by atoms with Gasteiger partial charge >= 0.3 is 0 Å². The second-order valence-electron chi connectivity index (χ2n) is 6.63. The van der Waals surface area contributed by atoms with E-state index in [9.17, 15) is 9.90 Å². The molecular weight excluding hydrogens is 382 g/mol. The molecule has 0 aliphatic carbocycles. The van der Waals surface area contributed by atoms with Gasteiger partial charge in [0.15, 0.2) is 10.8 Å². The number of hydrogen-bond donors (Lipinski definition) is 1. The summed E-state index contributed by atoms with van der Waals surface area (Å²) < 4.78 is 12.4. The molecule has 2 rings (SSSR count). The van der Waals surface area contributed by atoms with Crippen LogP contribution < -0.4 is 15.0 Å². The normalized spacial score (nSPS) is 11.9. The van der Waals surface area contributed by atoms with Crippen LogP contribution in [0.5, 0.6) is 11.5 Å². The maximum atomic E-state index is 12.1. The molecule has 1 N–H and O–H groups in total. The summed E-state index contributed by atoms with van der Waals surface area (Å²) in [5.74, 6) is 0.742. The molecule has 1 aromatic heterocycles. The van der Waals surface area contributed by atoms with Gasteiger partial charge < -0.3 is 14.6 Å². The third-order valence-corrected chi connectivity index (χ3v) is 4.32. The SMILES string of the molecule is CCCc1cc(C#N)ccc1OCC(O)COc1cnn(C(C)C)c(=O)c1Cl. The Morgan fingerprint density at radius 2 is 1.96 bits per heavy atom. The van der Waals surface area contributed by atoms with Crippen LogP contribution in [0.25, 0.3) is 0 Å². The summed E-state index contributed by atoms with van der Waals surface area (Å²) >= 11 is 6.05. The van der Waals surface area contributed by atoms with Gasteiger partial charge in [-0.2, -0.15) is 10.4 Å². The summed E-state index contributed by atoms with van der Waals surface area (Å²) in [4.78, 5) is 12.1. The molecule has 0 saturated heterocycles. The lowest BCUT2D eigenvalue weighted by molar-refractivity contribution is 0.0620. The van der Waals surface area contributed by atoms with E-state index >= 15 is 0 Å². The number of aliphatic hydroxyl groups excluding tert-OH is 1. The molecule has 0 fully saturated rings. The summed E-state index contributed by atoms with van der Waals surface area (Å²) in [6.07, 6.45) is 2.10. The van der Waals surface area contributed by atoms with Crippen molar-refractivity contribution in [3.63, 3.8) is 0 Å². The van der Waals surface area contributed by atoms with Gasteiger partial charge in [-0.3, -0.25) is 4.79 Å². The highest BCUT2D eigenvalue weighted by Crippen LogP contribution is 2.22. The fraction of sp³-hybridized carbons (Fsp3) is 0.450. The highest BCUT2D eigenvalue weighted by atomic mass is 35.5. The van der Waals surface area contributed by atoms with E-state index < -0.39 is 11.7 Å². The molecule has 1 atom stereocenters. The lowest BCUT2D eigenvalue weighted by Crippen LogP contribution is -2.28. The van der Waals surface area contributed by atoms with E-state index in [0.29, 0.717) is 11.3 Å². The van der Waals surface area contributed by atoms with Crippen LogP contribution in [0.3, 0.4) is 0 Å². The van der Waals surface area contributed by atoms with Gasteiger partial charge in [-0.15, -0.1) is 0 Å². The Balaban J connectivity index is 1.97. The molecule has 1 aromatic carbocycles. The van der Waals surface area contributed by atoms with Crippen molar-refractivity contribution in [2.24, 2.45) is 0 Å². The fourth-order valence-corrected chi connectivity index (χ4v) is 2.76. The Morgan fingerprint density at radius 1 is 1.29 bits per heavy atom. The fourth-order valence-electron chi connectivity index (χ4n) is 2.57. The summed E-state index contributed by atoms with van der Waals surface area (Å²) in [6.45, 7) is 5.57. The molecule has 8 heteroatoms. The molecule has 0 saturated carbocycles. The Morgan fingerprint density at radius 3 is 2.57 bits per heavy atom. The van der Waals surface area contributed by atoms with Crippen molar-refractivity contribution < 1.29 is 14.6 Å². The molecule has 0 bridgehead atoms. The minimum Gasteiger partial charge on any atom is -0.490 e. The molecule has 2 aromatic rings. The molecule has 150 valence electrons. The van der Waals surface area contributed by atoms with Crippen molar-refractivity contribution in [1.29, 1.82) is 5.26 Å². The van der Waals surface area contributed by atoms with Crippen molar-refractivity contribution >= 4 is 11.6 Å². The van der Waals surface area contributed by atoms with E-state index in [1.165, 1.54) is 10.9 Å². The van der Waals surface area contributed by atoms with E-state index in [1.54, 1.807) is 18.2 Å². The quantitative estimate of drug-likeness (QED) is 0.688. The zero-order valence-corrected chi connectivity index (χ0v) is 16.9. The van der Waals surface area contributed by atoms with Crippen LogP contribution in [-0.2, 0) is 6.42 Å². The van der Waals surface area contributed by atoms with Crippen molar-refractivity contribution in [3.8, 4) is 17.6 Å². The highest BCUT2D eigenvalue weighted by molar-refractivity contribution is 6.31. The van der Waals surface area contributed by atoms with Gasteiger partial charge in [0.05, 0.1) is 23.9 Å². The highest BCUT2D eigenvalue weighted by Gasteiger charge is 2.15. The minimum atomic E-state index is -0.936. The largest absolute Gasteiger partial charge is 0.490 e. The van der Waals surface area contributed by atoms with Crippen molar-refractivity contribution in [1.82, 2.24) is 9.78 Å². The van der Waals surface area contributed by atoms with E-state index in [1.807, 2.05) is 20.8 Å². The van der Waals surface area contributed by atoms with Gasteiger partial charge in [-0.1, -0.05) is 24.9 Å². The Kier molecular flexibility index (Phi) is 7.85. The van der Waals surface area contributed by atoms with Gasteiger partial charge in [-0.05, 0) is 44.0 Å². The van der Waals surface area contributed by atoms with Gasteiger partial charge in [0.1, 0.15) is 25.1 Å². The average Bonchev–Trinajstić information content (AvgIpc) is 2.68. The number of nitrogens with zero attached hydrogens (tertiary/aromatic N) is 3. The maximum absolute atomic E-state index is 12.1. The van der Waals surface area contributed by atoms with Crippen LogP contribution in [0.4, 0.5) is 0 Å². The van der Waals surface area contributed by atoms with E-state index in [2.05, 4.69) is 11.2 Å². The lowest BCUT2D eigenvalue weighted by Gasteiger charge is -2.16. The molecule has 28 heavy (non-hydrogen) atoms. The van der Waals surface area contributed by atoms with Crippen LogP contribution in [0.1, 0.15) is 44.4 Å². The number of aromatic nitrogens is 2. The smallest absolute Gasteiger partial charge is 0.289 e. The lowest BCUT2D eigenvalue weighted by atomic mass is 10.1. The average molecular weight is 406 g/mol. The number of aryl methyl sites for hydroxylation is 1. The Labute approximate surface area is 169 Å². The molecule has 1 heterocycles. The second-order valence-corrected chi connectivity index (χ2v) is 7.00. The van der Waals surface area contributed by atoms with E-state index in [-0.39, 0.29) is 30.0 Å². The third kappa shape index (κ3) is 5.47. The topological polar surface area (TPSA) is 97.4 Å². The first-order valence-electron chi connectivity index (χ1n) is 9.11. The number of rotatable bonds is 9. The molecule has 1 unspecified atom stereocenters. The summed E-state index contributed by atoms with van der Waals surface area (Å²) in [5.41, 5.74) is 1.04. The molecule has 7 nitrogen and oxygen atoms in total. The van der Waals surface area contributed by atoms with E-state index in [0.717, 1.165) is 18.4 Å².